The average molecular weight is 332 g/mol. The largest absolute Gasteiger partial charge is 0.445 e. The number of alkyl carbamates (subject to hydrolysis) is 1. The van der Waals surface area contributed by atoms with E-state index >= 15 is 0 Å². The van der Waals surface area contributed by atoms with Crippen LogP contribution in [0.15, 0.2) is 24.3 Å². The van der Waals surface area contributed by atoms with Crippen molar-refractivity contribution in [1.29, 1.82) is 0 Å². The van der Waals surface area contributed by atoms with Gasteiger partial charge in [-0.05, 0) is 60.6 Å². The lowest BCUT2D eigenvalue weighted by Crippen LogP contribution is -2.45. The summed E-state index contributed by atoms with van der Waals surface area (Å²) >= 11 is 0. The summed E-state index contributed by atoms with van der Waals surface area (Å²) in [5.41, 5.74) is 0.772. The minimum atomic E-state index is -0.446. The molecule has 0 aliphatic heterocycles. The highest BCUT2D eigenvalue weighted by Crippen LogP contribution is 2.51. The van der Waals surface area contributed by atoms with Crippen LogP contribution in [-0.4, -0.2) is 17.1 Å². The normalized spacial score (nSPS) is 28.1. The molecule has 0 heterocycles. The van der Waals surface area contributed by atoms with E-state index in [9.17, 15) is 14.9 Å². The number of hydrogen-bond donors (Lipinski definition) is 1. The molecule has 1 N–H and O–H groups in total. The van der Waals surface area contributed by atoms with E-state index in [1.165, 1.54) is 31.4 Å². The molecular weight excluding hydrogens is 308 g/mol. The highest BCUT2D eigenvalue weighted by Gasteiger charge is 2.49. The number of hydrogen-bond acceptors (Lipinski definition) is 4. The monoisotopic (exact) mass is 332 g/mol. The van der Waals surface area contributed by atoms with Crippen LogP contribution in [0, 0.1) is 33.8 Å². The minimum absolute atomic E-state index is 0.0324. The standard InChI is InChI=1S/C18H24N2O4/c1-11(2)16-13-5-6-14(9-13)17(16)19-18(21)24-10-12-3-7-15(8-4-12)20(22)23/h3-4,7-8,11,13-14,16-17H,5-6,9-10H2,1-2H3,(H,19,21)/t13-,14+,16+,17+/m0/s1. The lowest BCUT2D eigenvalue weighted by atomic mass is 9.77. The second kappa shape index (κ2) is 6.79. The van der Waals surface area contributed by atoms with Crippen LogP contribution in [0.1, 0.15) is 38.7 Å². The molecule has 0 saturated heterocycles. The van der Waals surface area contributed by atoms with Crippen molar-refractivity contribution in [2.45, 2.75) is 45.8 Å². The van der Waals surface area contributed by atoms with Crippen LogP contribution < -0.4 is 5.32 Å². The van der Waals surface area contributed by atoms with E-state index in [2.05, 4.69) is 19.2 Å². The van der Waals surface area contributed by atoms with Gasteiger partial charge >= 0.3 is 6.09 Å². The molecule has 0 radical (unpaired) electrons. The minimum Gasteiger partial charge on any atom is -0.445 e. The van der Waals surface area contributed by atoms with E-state index in [4.69, 9.17) is 4.74 Å². The number of nitrogens with zero attached hydrogens (tertiary/aromatic N) is 1. The van der Waals surface area contributed by atoms with Gasteiger partial charge in [-0.15, -0.1) is 0 Å². The maximum absolute atomic E-state index is 12.2. The van der Waals surface area contributed by atoms with Crippen molar-refractivity contribution in [3.63, 3.8) is 0 Å². The Balaban J connectivity index is 1.53. The first-order valence-corrected chi connectivity index (χ1v) is 8.62. The first-order valence-electron chi connectivity index (χ1n) is 8.62. The number of carbonyl (C=O) groups excluding carboxylic acids is 1. The SMILES string of the molecule is CC(C)[C@@H]1[C@H]2CC[C@H](C2)[C@H]1NC(=O)OCc1ccc([N+](=O)[O-])cc1. The van der Waals surface area contributed by atoms with Gasteiger partial charge in [0.1, 0.15) is 6.61 Å². The fourth-order valence-electron chi connectivity index (χ4n) is 4.55. The fraction of sp³-hybridized carbons (Fsp3) is 0.611. The number of nitro benzene ring substituents is 1. The summed E-state index contributed by atoms with van der Waals surface area (Å²) in [6.07, 6.45) is 3.30. The van der Waals surface area contributed by atoms with Gasteiger partial charge in [-0.1, -0.05) is 13.8 Å². The zero-order valence-electron chi connectivity index (χ0n) is 14.1. The number of benzene rings is 1. The van der Waals surface area contributed by atoms with Gasteiger partial charge < -0.3 is 10.1 Å². The van der Waals surface area contributed by atoms with Crippen molar-refractivity contribution >= 4 is 11.8 Å². The predicted molar refractivity (Wildman–Crippen MR) is 89.4 cm³/mol. The molecule has 1 amide bonds. The summed E-state index contributed by atoms with van der Waals surface area (Å²) in [5.74, 6) is 2.40. The van der Waals surface area contributed by atoms with Crippen LogP contribution in [-0.2, 0) is 11.3 Å². The predicted octanol–water partition coefficient (Wildman–Crippen LogP) is 3.89. The highest BCUT2D eigenvalue weighted by molar-refractivity contribution is 5.67. The molecule has 0 aromatic heterocycles. The number of rotatable bonds is 5. The van der Waals surface area contributed by atoms with Crippen LogP contribution in [0.2, 0.25) is 0 Å². The first kappa shape index (κ1) is 16.7. The Morgan fingerprint density at radius 1 is 1.29 bits per heavy atom. The van der Waals surface area contributed by atoms with Crippen LogP contribution in [0.25, 0.3) is 0 Å². The Bertz CT molecular complexity index is 614. The summed E-state index contributed by atoms with van der Waals surface area (Å²) in [6.45, 7) is 4.57. The van der Waals surface area contributed by atoms with Gasteiger partial charge in [-0.3, -0.25) is 10.1 Å². The van der Waals surface area contributed by atoms with E-state index < -0.39 is 11.0 Å². The van der Waals surface area contributed by atoms with Crippen molar-refractivity contribution < 1.29 is 14.5 Å². The molecule has 6 heteroatoms. The second-order valence-corrected chi connectivity index (χ2v) is 7.32. The van der Waals surface area contributed by atoms with E-state index in [-0.39, 0.29) is 18.3 Å². The maximum Gasteiger partial charge on any atom is 0.407 e. The summed E-state index contributed by atoms with van der Waals surface area (Å²) in [6, 6.07) is 6.27. The smallest absolute Gasteiger partial charge is 0.407 e. The topological polar surface area (TPSA) is 81.5 Å². The number of carbonyl (C=O) groups is 1. The first-order chi connectivity index (χ1) is 11.5. The third-order valence-electron chi connectivity index (χ3n) is 5.55. The molecule has 24 heavy (non-hydrogen) atoms. The molecule has 2 fully saturated rings. The van der Waals surface area contributed by atoms with E-state index in [0.29, 0.717) is 17.8 Å². The quantitative estimate of drug-likeness (QED) is 0.655. The van der Waals surface area contributed by atoms with Crippen molar-refractivity contribution in [2.24, 2.45) is 23.7 Å². The summed E-state index contributed by atoms with van der Waals surface area (Å²) in [7, 11) is 0. The Labute approximate surface area is 141 Å². The van der Waals surface area contributed by atoms with Gasteiger partial charge in [0, 0.05) is 18.2 Å². The Kier molecular flexibility index (Phi) is 4.73. The number of non-ortho nitro benzene ring substituents is 1. The van der Waals surface area contributed by atoms with Crippen LogP contribution >= 0.6 is 0 Å². The highest BCUT2D eigenvalue weighted by atomic mass is 16.6. The van der Waals surface area contributed by atoms with Crippen molar-refractivity contribution in [3.8, 4) is 0 Å². The zero-order chi connectivity index (χ0) is 17.3. The number of nitrogens with one attached hydrogen (secondary N) is 1. The van der Waals surface area contributed by atoms with E-state index in [0.717, 1.165) is 11.5 Å². The van der Waals surface area contributed by atoms with Gasteiger partial charge in [-0.2, -0.15) is 0 Å². The van der Waals surface area contributed by atoms with Crippen molar-refractivity contribution in [1.82, 2.24) is 5.32 Å². The molecule has 1 aromatic rings. The Morgan fingerprint density at radius 3 is 2.58 bits per heavy atom. The molecule has 130 valence electrons. The van der Waals surface area contributed by atoms with Crippen molar-refractivity contribution in [2.75, 3.05) is 0 Å². The maximum atomic E-state index is 12.2. The molecule has 6 nitrogen and oxygen atoms in total. The molecular formula is C18H24N2O4. The number of amides is 1. The van der Waals surface area contributed by atoms with Crippen molar-refractivity contribution in [3.05, 3.63) is 39.9 Å². The molecule has 2 aliphatic rings. The van der Waals surface area contributed by atoms with Gasteiger partial charge in [0.15, 0.2) is 0 Å². The van der Waals surface area contributed by atoms with Gasteiger partial charge in [-0.25, -0.2) is 4.79 Å². The summed E-state index contributed by atoms with van der Waals surface area (Å²) in [5, 5.41) is 13.7. The van der Waals surface area contributed by atoms with E-state index in [1.54, 1.807) is 12.1 Å². The summed E-state index contributed by atoms with van der Waals surface area (Å²) < 4.78 is 5.31. The third-order valence-corrected chi connectivity index (χ3v) is 5.55. The lowest BCUT2D eigenvalue weighted by molar-refractivity contribution is -0.384. The number of fused-ring (bicyclic) bond motifs is 2. The molecule has 2 bridgehead atoms. The molecule has 2 saturated carbocycles. The Morgan fingerprint density at radius 2 is 1.96 bits per heavy atom. The second-order valence-electron chi connectivity index (χ2n) is 7.32. The Hall–Kier alpha value is -2.11. The number of nitro groups is 1. The summed E-state index contributed by atoms with van der Waals surface area (Å²) in [4.78, 5) is 22.3. The molecule has 0 unspecified atom stereocenters. The van der Waals surface area contributed by atoms with Crippen LogP contribution in [0.3, 0.4) is 0 Å². The third kappa shape index (κ3) is 3.37. The molecule has 3 rings (SSSR count). The van der Waals surface area contributed by atoms with Gasteiger partial charge in [0.05, 0.1) is 4.92 Å². The fourth-order valence-corrected chi connectivity index (χ4v) is 4.55. The molecule has 0 spiro atoms. The molecule has 1 aromatic carbocycles. The van der Waals surface area contributed by atoms with Gasteiger partial charge in [0.25, 0.3) is 5.69 Å². The molecule has 4 atom stereocenters. The van der Waals surface area contributed by atoms with E-state index in [1.807, 2.05) is 0 Å². The lowest BCUT2D eigenvalue weighted by Gasteiger charge is -2.34. The number of ether oxygens (including phenoxy) is 1. The van der Waals surface area contributed by atoms with Crippen LogP contribution in [0.5, 0.6) is 0 Å². The van der Waals surface area contributed by atoms with Gasteiger partial charge in [0.2, 0.25) is 0 Å². The van der Waals surface area contributed by atoms with Crippen LogP contribution in [0.4, 0.5) is 10.5 Å². The molecule has 2 aliphatic carbocycles. The average Bonchev–Trinajstić information content (AvgIpc) is 3.14. The zero-order valence-corrected chi connectivity index (χ0v) is 14.1.